The van der Waals surface area contributed by atoms with Crippen LogP contribution in [0.3, 0.4) is 0 Å². The van der Waals surface area contributed by atoms with E-state index in [0.717, 1.165) is 5.56 Å². The third-order valence-corrected chi connectivity index (χ3v) is 3.06. The Labute approximate surface area is 100 Å². The Bertz CT molecular complexity index is 489. The molecule has 3 heteroatoms. The quantitative estimate of drug-likeness (QED) is 0.714. The zero-order chi connectivity index (χ0) is 12.4. The van der Waals surface area contributed by atoms with E-state index >= 15 is 0 Å². The number of amides is 1. The van der Waals surface area contributed by atoms with Gasteiger partial charge in [0.25, 0.3) is 0 Å². The first kappa shape index (κ1) is 11.7. The minimum atomic E-state index is -0.234. The molecular weight excluding hydrogens is 217 g/mol. The van der Waals surface area contributed by atoms with Gasteiger partial charge in [0.15, 0.2) is 0 Å². The van der Waals surface area contributed by atoms with Crippen LogP contribution in [0.4, 0.5) is 4.39 Å². The molecular formula is C14H14FNO. The van der Waals surface area contributed by atoms with Gasteiger partial charge in [-0.3, -0.25) is 4.79 Å². The maximum absolute atomic E-state index is 13.4. The molecule has 1 aromatic carbocycles. The van der Waals surface area contributed by atoms with Crippen LogP contribution in [0, 0.1) is 31.0 Å². The molecule has 1 aliphatic rings. The van der Waals surface area contributed by atoms with E-state index in [0.29, 0.717) is 25.1 Å². The Morgan fingerprint density at radius 3 is 2.94 bits per heavy atom. The SMILES string of the molecule is C#CC1CC(=O)N(Cc2ccc(C)c(F)c2)C1. The predicted molar refractivity (Wildman–Crippen MR) is 63.5 cm³/mol. The molecule has 0 aliphatic carbocycles. The maximum Gasteiger partial charge on any atom is 0.224 e. The highest BCUT2D eigenvalue weighted by molar-refractivity contribution is 5.79. The second kappa shape index (κ2) is 4.58. The second-order valence-electron chi connectivity index (χ2n) is 4.43. The van der Waals surface area contributed by atoms with Crippen LogP contribution in [0.25, 0.3) is 0 Å². The molecule has 2 nitrogen and oxygen atoms in total. The topological polar surface area (TPSA) is 20.3 Å². The fraction of sp³-hybridized carbons (Fsp3) is 0.357. The molecule has 0 aromatic heterocycles. The number of benzene rings is 1. The molecule has 0 N–H and O–H groups in total. The van der Waals surface area contributed by atoms with Crippen LogP contribution in [-0.4, -0.2) is 17.4 Å². The standard InChI is InChI=1S/C14H14FNO/c1-3-11-7-14(17)16(8-11)9-12-5-4-10(2)13(15)6-12/h1,4-6,11H,7-9H2,2H3. The lowest BCUT2D eigenvalue weighted by Crippen LogP contribution is -2.24. The van der Waals surface area contributed by atoms with Gasteiger partial charge in [-0.05, 0) is 24.1 Å². The minimum absolute atomic E-state index is 0.00204. The van der Waals surface area contributed by atoms with Crippen LogP contribution in [0.1, 0.15) is 17.5 Å². The summed E-state index contributed by atoms with van der Waals surface area (Å²) >= 11 is 0. The zero-order valence-electron chi connectivity index (χ0n) is 9.74. The Balaban J connectivity index is 2.09. The molecule has 88 valence electrons. The van der Waals surface area contributed by atoms with E-state index in [1.165, 1.54) is 6.07 Å². The van der Waals surface area contributed by atoms with Crippen molar-refractivity contribution < 1.29 is 9.18 Å². The summed E-state index contributed by atoms with van der Waals surface area (Å²) in [7, 11) is 0. The van der Waals surface area contributed by atoms with Crippen molar-refractivity contribution in [2.24, 2.45) is 5.92 Å². The smallest absolute Gasteiger partial charge is 0.224 e. The molecule has 1 aromatic rings. The van der Waals surface area contributed by atoms with Gasteiger partial charge >= 0.3 is 0 Å². The Morgan fingerprint density at radius 1 is 1.59 bits per heavy atom. The molecule has 1 amide bonds. The summed E-state index contributed by atoms with van der Waals surface area (Å²) in [4.78, 5) is 13.3. The fourth-order valence-electron chi connectivity index (χ4n) is 1.99. The van der Waals surface area contributed by atoms with E-state index in [-0.39, 0.29) is 17.6 Å². The first-order valence-electron chi connectivity index (χ1n) is 5.59. The van der Waals surface area contributed by atoms with E-state index in [9.17, 15) is 9.18 Å². The van der Waals surface area contributed by atoms with Gasteiger partial charge in [-0.25, -0.2) is 4.39 Å². The Hall–Kier alpha value is -1.82. The van der Waals surface area contributed by atoms with Gasteiger partial charge in [0.1, 0.15) is 5.82 Å². The third kappa shape index (κ3) is 2.47. The van der Waals surface area contributed by atoms with Gasteiger partial charge in [-0.1, -0.05) is 12.1 Å². The van der Waals surface area contributed by atoms with Crippen molar-refractivity contribution in [2.45, 2.75) is 19.9 Å². The Morgan fingerprint density at radius 2 is 2.35 bits per heavy atom. The van der Waals surface area contributed by atoms with Crippen molar-refractivity contribution >= 4 is 5.91 Å². The molecule has 0 spiro atoms. The van der Waals surface area contributed by atoms with Crippen LogP contribution < -0.4 is 0 Å². The highest BCUT2D eigenvalue weighted by atomic mass is 19.1. The van der Waals surface area contributed by atoms with Gasteiger partial charge in [0.05, 0.1) is 0 Å². The molecule has 17 heavy (non-hydrogen) atoms. The van der Waals surface area contributed by atoms with E-state index in [2.05, 4.69) is 5.92 Å². The molecule has 1 aliphatic heterocycles. The zero-order valence-corrected chi connectivity index (χ0v) is 9.74. The number of rotatable bonds is 2. The van der Waals surface area contributed by atoms with Crippen molar-refractivity contribution in [1.29, 1.82) is 0 Å². The lowest BCUT2D eigenvalue weighted by molar-refractivity contribution is -0.128. The molecule has 1 unspecified atom stereocenters. The molecule has 2 rings (SSSR count). The number of terminal acetylenes is 1. The normalized spacial score (nSPS) is 19.5. The van der Waals surface area contributed by atoms with Gasteiger partial charge in [0, 0.05) is 25.4 Å². The van der Waals surface area contributed by atoms with Gasteiger partial charge in [0.2, 0.25) is 5.91 Å². The molecule has 1 heterocycles. The number of hydrogen-bond donors (Lipinski definition) is 0. The summed E-state index contributed by atoms with van der Waals surface area (Å²) in [5, 5.41) is 0. The number of halogens is 1. The van der Waals surface area contributed by atoms with Gasteiger partial charge in [-0.2, -0.15) is 0 Å². The molecule has 1 saturated heterocycles. The van der Waals surface area contributed by atoms with Crippen molar-refractivity contribution in [3.05, 3.63) is 35.1 Å². The van der Waals surface area contributed by atoms with E-state index < -0.39 is 0 Å². The molecule has 0 bridgehead atoms. The highest BCUT2D eigenvalue weighted by Gasteiger charge is 2.28. The summed E-state index contributed by atoms with van der Waals surface area (Å²) in [6.07, 6.45) is 5.71. The molecule has 0 radical (unpaired) electrons. The van der Waals surface area contributed by atoms with E-state index in [1.54, 1.807) is 17.9 Å². The molecule has 1 fully saturated rings. The summed E-state index contributed by atoms with van der Waals surface area (Å²) < 4.78 is 13.4. The summed E-state index contributed by atoms with van der Waals surface area (Å²) in [6.45, 7) is 2.73. The van der Waals surface area contributed by atoms with E-state index in [4.69, 9.17) is 6.42 Å². The minimum Gasteiger partial charge on any atom is -0.337 e. The molecule has 1 atom stereocenters. The van der Waals surface area contributed by atoms with Crippen molar-refractivity contribution in [1.82, 2.24) is 4.90 Å². The number of nitrogens with zero attached hydrogens (tertiary/aromatic N) is 1. The van der Waals surface area contributed by atoms with Crippen LogP contribution in [0.5, 0.6) is 0 Å². The molecule has 0 saturated carbocycles. The lowest BCUT2D eigenvalue weighted by Gasteiger charge is -2.16. The fourth-order valence-corrected chi connectivity index (χ4v) is 1.99. The van der Waals surface area contributed by atoms with Crippen molar-refractivity contribution in [3.8, 4) is 12.3 Å². The number of aryl methyl sites for hydroxylation is 1. The average molecular weight is 231 g/mol. The number of carbonyl (C=O) groups excluding carboxylic acids is 1. The lowest BCUT2D eigenvalue weighted by atomic mass is 10.1. The number of likely N-dealkylation sites (tertiary alicyclic amines) is 1. The predicted octanol–water partition coefficient (Wildman–Crippen LogP) is 2.12. The maximum atomic E-state index is 13.4. The monoisotopic (exact) mass is 231 g/mol. The van der Waals surface area contributed by atoms with Crippen LogP contribution in [-0.2, 0) is 11.3 Å². The van der Waals surface area contributed by atoms with Crippen molar-refractivity contribution in [3.63, 3.8) is 0 Å². The average Bonchev–Trinajstić information content (AvgIpc) is 2.65. The summed E-state index contributed by atoms with van der Waals surface area (Å²) in [5.74, 6) is 2.41. The van der Waals surface area contributed by atoms with Crippen LogP contribution in [0.15, 0.2) is 18.2 Å². The number of hydrogen-bond acceptors (Lipinski definition) is 1. The number of carbonyl (C=O) groups is 1. The van der Waals surface area contributed by atoms with Gasteiger partial charge in [-0.15, -0.1) is 12.3 Å². The Kier molecular flexibility index (Phi) is 3.14. The van der Waals surface area contributed by atoms with E-state index in [1.807, 2.05) is 6.07 Å². The third-order valence-electron chi connectivity index (χ3n) is 3.06. The van der Waals surface area contributed by atoms with Gasteiger partial charge < -0.3 is 4.90 Å². The highest BCUT2D eigenvalue weighted by Crippen LogP contribution is 2.20. The second-order valence-corrected chi connectivity index (χ2v) is 4.43. The first-order valence-corrected chi connectivity index (χ1v) is 5.59. The first-order chi connectivity index (χ1) is 8.10. The van der Waals surface area contributed by atoms with Crippen LogP contribution >= 0.6 is 0 Å². The summed E-state index contributed by atoms with van der Waals surface area (Å²) in [6, 6.07) is 5.05. The summed E-state index contributed by atoms with van der Waals surface area (Å²) in [5.41, 5.74) is 1.42. The van der Waals surface area contributed by atoms with Crippen LogP contribution in [0.2, 0.25) is 0 Å². The largest absolute Gasteiger partial charge is 0.337 e. The van der Waals surface area contributed by atoms with Crippen molar-refractivity contribution in [2.75, 3.05) is 6.54 Å².